The maximum atomic E-state index is 12.2. The van der Waals surface area contributed by atoms with Crippen LogP contribution in [-0.4, -0.2) is 36.5 Å². The minimum Gasteiger partial charge on any atom is -0.329 e. The van der Waals surface area contributed by atoms with E-state index >= 15 is 0 Å². The van der Waals surface area contributed by atoms with Crippen LogP contribution in [0.4, 0.5) is 5.69 Å². The van der Waals surface area contributed by atoms with Gasteiger partial charge in [-0.3, -0.25) is 9.69 Å². The van der Waals surface area contributed by atoms with Gasteiger partial charge in [-0.25, -0.2) is 0 Å². The quantitative estimate of drug-likeness (QED) is 0.891. The van der Waals surface area contributed by atoms with Crippen LogP contribution in [0.15, 0.2) is 18.2 Å². The van der Waals surface area contributed by atoms with Crippen LogP contribution in [0.1, 0.15) is 24.8 Å². The first-order valence-electron chi connectivity index (χ1n) is 7.11. The smallest absolute Gasteiger partial charge is 0.238 e. The standard InChI is InChI=1S/C15H22ClN3O.ClH/c1-11-13(16)6-4-7-14(11)18-15(20)10-19-8-3-2-5-12(19)9-17;/h4,6-7,12H,2-3,5,8-10,17H2,1H3,(H,18,20);1H. The van der Waals surface area contributed by atoms with Crippen LogP contribution in [0.2, 0.25) is 5.02 Å². The van der Waals surface area contributed by atoms with Gasteiger partial charge in [0.15, 0.2) is 0 Å². The highest BCUT2D eigenvalue weighted by molar-refractivity contribution is 6.31. The van der Waals surface area contributed by atoms with E-state index in [0.29, 0.717) is 24.2 Å². The second-order valence-corrected chi connectivity index (χ2v) is 5.72. The minimum absolute atomic E-state index is 0. The van der Waals surface area contributed by atoms with Crippen molar-refractivity contribution in [2.75, 3.05) is 25.0 Å². The molecule has 118 valence electrons. The number of anilines is 1. The predicted octanol–water partition coefficient (Wildman–Crippen LogP) is 2.82. The molecule has 0 aromatic heterocycles. The number of nitrogens with one attached hydrogen (secondary N) is 1. The van der Waals surface area contributed by atoms with Crippen LogP contribution in [0, 0.1) is 6.92 Å². The van der Waals surface area contributed by atoms with E-state index in [1.54, 1.807) is 0 Å². The number of carbonyl (C=O) groups is 1. The summed E-state index contributed by atoms with van der Waals surface area (Å²) in [5.74, 6) is -0.00397. The highest BCUT2D eigenvalue weighted by Crippen LogP contribution is 2.23. The van der Waals surface area contributed by atoms with Crippen molar-refractivity contribution in [3.63, 3.8) is 0 Å². The molecule has 0 bridgehead atoms. The number of likely N-dealkylation sites (tertiary alicyclic amines) is 1. The van der Waals surface area contributed by atoms with Crippen molar-refractivity contribution < 1.29 is 4.79 Å². The first-order valence-corrected chi connectivity index (χ1v) is 7.48. The van der Waals surface area contributed by atoms with Crippen molar-refractivity contribution in [3.05, 3.63) is 28.8 Å². The van der Waals surface area contributed by atoms with Crippen molar-refractivity contribution in [2.45, 2.75) is 32.2 Å². The van der Waals surface area contributed by atoms with Gasteiger partial charge in [-0.05, 0) is 44.0 Å². The summed E-state index contributed by atoms with van der Waals surface area (Å²) in [5, 5.41) is 3.60. The second kappa shape index (κ2) is 8.59. The third kappa shape index (κ3) is 4.85. The van der Waals surface area contributed by atoms with Crippen molar-refractivity contribution in [3.8, 4) is 0 Å². The lowest BCUT2D eigenvalue weighted by atomic mass is 10.0. The molecule has 0 spiro atoms. The lowest BCUT2D eigenvalue weighted by Gasteiger charge is -2.34. The summed E-state index contributed by atoms with van der Waals surface area (Å²) in [4.78, 5) is 14.3. The molecule has 21 heavy (non-hydrogen) atoms. The zero-order chi connectivity index (χ0) is 14.5. The van der Waals surface area contributed by atoms with Crippen molar-refractivity contribution in [1.29, 1.82) is 0 Å². The number of nitrogens with two attached hydrogens (primary N) is 1. The van der Waals surface area contributed by atoms with Gasteiger partial charge in [-0.15, -0.1) is 12.4 Å². The lowest BCUT2D eigenvalue weighted by Crippen LogP contribution is -2.47. The Morgan fingerprint density at radius 2 is 2.24 bits per heavy atom. The van der Waals surface area contributed by atoms with Gasteiger partial charge >= 0.3 is 0 Å². The van der Waals surface area contributed by atoms with Crippen molar-refractivity contribution >= 4 is 35.6 Å². The van der Waals surface area contributed by atoms with Gasteiger partial charge < -0.3 is 11.1 Å². The third-order valence-corrected chi connectivity index (χ3v) is 4.32. The zero-order valence-electron chi connectivity index (χ0n) is 12.3. The van der Waals surface area contributed by atoms with E-state index < -0.39 is 0 Å². The summed E-state index contributed by atoms with van der Waals surface area (Å²) >= 11 is 6.06. The number of nitrogens with zero attached hydrogens (tertiary/aromatic N) is 1. The van der Waals surface area contributed by atoms with Crippen LogP contribution in [0.25, 0.3) is 0 Å². The molecule has 1 heterocycles. The molecule has 3 N–H and O–H groups in total. The van der Waals surface area contributed by atoms with Gasteiger partial charge in [0.25, 0.3) is 0 Å². The van der Waals surface area contributed by atoms with Crippen LogP contribution < -0.4 is 11.1 Å². The average Bonchev–Trinajstić information content (AvgIpc) is 2.44. The van der Waals surface area contributed by atoms with Crippen molar-refractivity contribution in [2.24, 2.45) is 5.73 Å². The molecule has 1 unspecified atom stereocenters. The van der Waals surface area contributed by atoms with Gasteiger partial charge in [-0.2, -0.15) is 0 Å². The molecule has 1 aliphatic heterocycles. The van der Waals surface area contributed by atoms with E-state index in [9.17, 15) is 4.79 Å². The Bertz CT molecular complexity index is 482. The topological polar surface area (TPSA) is 58.4 Å². The normalized spacial score (nSPS) is 18.9. The van der Waals surface area contributed by atoms with E-state index in [0.717, 1.165) is 30.6 Å². The Morgan fingerprint density at radius 1 is 1.48 bits per heavy atom. The Hall–Kier alpha value is -0.810. The number of halogens is 2. The summed E-state index contributed by atoms with van der Waals surface area (Å²) in [6, 6.07) is 5.86. The SMILES string of the molecule is Cc1c(Cl)cccc1NC(=O)CN1CCCCC1CN.Cl. The van der Waals surface area contributed by atoms with Crippen LogP contribution in [0.3, 0.4) is 0 Å². The number of amides is 1. The highest BCUT2D eigenvalue weighted by atomic mass is 35.5. The molecule has 0 aliphatic carbocycles. The molecule has 1 saturated heterocycles. The monoisotopic (exact) mass is 331 g/mol. The van der Waals surface area contributed by atoms with Gasteiger partial charge in [0.1, 0.15) is 0 Å². The van der Waals surface area contributed by atoms with Gasteiger partial charge in [0.05, 0.1) is 6.54 Å². The molecular weight excluding hydrogens is 309 g/mol. The van der Waals surface area contributed by atoms with Gasteiger partial charge in [0.2, 0.25) is 5.91 Å². The molecule has 1 aliphatic rings. The molecule has 1 aromatic carbocycles. The number of piperidine rings is 1. The van der Waals surface area contributed by atoms with Gasteiger partial charge in [0, 0.05) is 23.3 Å². The van der Waals surface area contributed by atoms with E-state index in [1.165, 1.54) is 6.42 Å². The largest absolute Gasteiger partial charge is 0.329 e. The number of carbonyl (C=O) groups excluding carboxylic acids is 1. The van der Waals surface area contributed by atoms with Crippen LogP contribution >= 0.6 is 24.0 Å². The molecule has 0 saturated carbocycles. The Balaban J connectivity index is 0.00000220. The molecule has 1 aromatic rings. The number of hydrogen-bond donors (Lipinski definition) is 2. The Labute approximate surface area is 137 Å². The molecule has 1 atom stereocenters. The first-order chi connectivity index (χ1) is 9.61. The van der Waals surface area contributed by atoms with Crippen LogP contribution in [0.5, 0.6) is 0 Å². The summed E-state index contributed by atoms with van der Waals surface area (Å²) in [5.41, 5.74) is 7.46. The molecule has 2 rings (SSSR count). The summed E-state index contributed by atoms with van der Waals surface area (Å²) in [7, 11) is 0. The third-order valence-electron chi connectivity index (χ3n) is 3.91. The zero-order valence-corrected chi connectivity index (χ0v) is 13.8. The fraction of sp³-hybridized carbons (Fsp3) is 0.533. The van der Waals surface area contributed by atoms with E-state index in [1.807, 2.05) is 25.1 Å². The molecular formula is C15H23Cl2N3O. The molecule has 6 heteroatoms. The molecule has 0 radical (unpaired) electrons. The fourth-order valence-corrected chi connectivity index (χ4v) is 2.83. The van der Waals surface area contributed by atoms with E-state index in [4.69, 9.17) is 17.3 Å². The Kier molecular flexibility index (Phi) is 7.46. The first kappa shape index (κ1) is 18.2. The van der Waals surface area contributed by atoms with E-state index in [2.05, 4.69) is 10.2 Å². The molecule has 1 amide bonds. The van der Waals surface area contributed by atoms with Crippen molar-refractivity contribution in [1.82, 2.24) is 4.90 Å². The maximum Gasteiger partial charge on any atom is 0.238 e. The molecule has 1 fully saturated rings. The van der Waals surface area contributed by atoms with E-state index in [-0.39, 0.29) is 18.3 Å². The molecule has 4 nitrogen and oxygen atoms in total. The van der Waals surface area contributed by atoms with Gasteiger partial charge in [-0.1, -0.05) is 24.1 Å². The second-order valence-electron chi connectivity index (χ2n) is 5.32. The number of benzene rings is 1. The van der Waals surface area contributed by atoms with Crippen LogP contribution in [-0.2, 0) is 4.79 Å². The Morgan fingerprint density at radius 3 is 2.95 bits per heavy atom. The summed E-state index contributed by atoms with van der Waals surface area (Å²) in [6.45, 7) is 3.86. The lowest BCUT2D eigenvalue weighted by molar-refractivity contribution is -0.118. The maximum absolute atomic E-state index is 12.2. The minimum atomic E-state index is -0.00397. The fourth-order valence-electron chi connectivity index (χ4n) is 2.65. The summed E-state index contributed by atoms with van der Waals surface area (Å²) < 4.78 is 0. The predicted molar refractivity (Wildman–Crippen MR) is 90.3 cm³/mol. The number of rotatable bonds is 4. The summed E-state index contributed by atoms with van der Waals surface area (Å²) in [6.07, 6.45) is 3.42. The number of hydrogen-bond acceptors (Lipinski definition) is 3. The average molecular weight is 332 g/mol. The highest BCUT2D eigenvalue weighted by Gasteiger charge is 2.23.